The van der Waals surface area contributed by atoms with Crippen molar-refractivity contribution in [3.05, 3.63) is 25.2 Å². The molecule has 0 atom stereocenters. The lowest BCUT2D eigenvalue weighted by molar-refractivity contribution is 0.805. The van der Waals surface area contributed by atoms with E-state index in [9.17, 15) is 0 Å². The summed E-state index contributed by atoms with van der Waals surface area (Å²) in [7, 11) is 0. The summed E-state index contributed by atoms with van der Waals surface area (Å²) in [5, 5.41) is 0. The van der Waals surface area contributed by atoms with E-state index in [4.69, 9.17) is 0 Å². The van der Waals surface area contributed by atoms with Crippen LogP contribution >= 0.6 is 0 Å². The average molecular weight is 93.1 g/mol. The van der Waals surface area contributed by atoms with Gasteiger partial charge in [-0.1, -0.05) is 4.99 Å². The van der Waals surface area contributed by atoms with Crippen LogP contribution in [0.3, 0.4) is 0 Å². The Bertz CT molecular complexity index is 112. The minimum absolute atomic E-state index is 1.63. The van der Waals surface area contributed by atoms with E-state index in [-0.39, 0.29) is 0 Å². The van der Waals surface area contributed by atoms with Crippen LogP contribution in [0.25, 0.3) is 0 Å². The molecular weight excluding hydrogens is 88.1 g/mol. The van der Waals surface area contributed by atoms with Crippen LogP contribution < -0.4 is 0 Å². The number of hydrogen-bond acceptors (Lipinski definition) is 2. The molecule has 0 spiro atoms. The first-order chi connectivity index (χ1) is 3.43. The molecule has 0 N–H and O–H groups in total. The highest BCUT2D eigenvalue weighted by atomic mass is 15.1. The molecule has 0 fully saturated rings. The van der Waals surface area contributed by atoms with Gasteiger partial charge in [-0.3, -0.25) is 0 Å². The third kappa shape index (κ3) is 0.643. The quantitative estimate of drug-likeness (QED) is 0.438. The van der Waals surface area contributed by atoms with Gasteiger partial charge in [0, 0.05) is 0 Å². The van der Waals surface area contributed by atoms with Gasteiger partial charge in [0.1, 0.15) is 0 Å². The molecule has 0 saturated heterocycles. The van der Waals surface area contributed by atoms with E-state index in [1.807, 2.05) is 0 Å². The Morgan fingerprint density at radius 2 is 2.71 bits per heavy atom. The fourth-order valence-electron chi connectivity index (χ4n) is 0.340. The average Bonchev–Trinajstić information content (AvgIpc) is 2.14. The molecule has 1 heterocycles. The van der Waals surface area contributed by atoms with Crippen molar-refractivity contribution >= 4 is 6.34 Å². The Morgan fingerprint density at radius 1 is 1.86 bits per heavy atom. The van der Waals surface area contributed by atoms with Crippen molar-refractivity contribution in [1.82, 2.24) is 4.90 Å². The number of aliphatic imine (C=N–C) groups is 1. The lowest BCUT2D eigenvalue weighted by Gasteiger charge is -1.83. The molecule has 7 heavy (non-hydrogen) atoms. The molecule has 2 nitrogen and oxygen atoms in total. The van der Waals surface area contributed by atoms with Gasteiger partial charge in [-0.05, 0) is 6.58 Å². The molecule has 0 bridgehead atoms. The van der Waals surface area contributed by atoms with Crippen LogP contribution in [0.5, 0.6) is 0 Å². The monoisotopic (exact) mass is 93.0 g/mol. The molecule has 0 aliphatic carbocycles. The second-order valence-electron chi connectivity index (χ2n) is 1.12. The fraction of sp³-hybridized carbons (Fsp3) is 0. The Morgan fingerprint density at radius 3 is 3.00 bits per heavy atom. The maximum Gasteiger partial charge on any atom is 0.223 e. The molecule has 0 saturated carbocycles. The zero-order valence-electron chi connectivity index (χ0n) is 3.83. The van der Waals surface area contributed by atoms with Gasteiger partial charge in [-0.2, -0.15) is 0 Å². The zero-order chi connectivity index (χ0) is 5.11. The van der Waals surface area contributed by atoms with E-state index >= 15 is 0 Å². The molecule has 0 amide bonds. The maximum atomic E-state index is 3.66. The van der Waals surface area contributed by atoms with Crippen molar-refractivity contribution in [3.8, 4) is 0 Å². The third-order valence-corrected chi connectivity index (χ3v) is 0.672. The van der Waals surface area contributed by atoms with Gasteiger partial charge in [0.05, 0.1) is 6.20 Å². The minimum Gasteiger partial charge on any atom is -0.142 e. The number of nitrogens with zero attached hydrogens (tertiary/aromatic N) is 2. The van der Waals surface area contributed by atoms with Crippen molar-refractivity contribution in [3.63, 3.8) is 0 Å². The highest BCUT2D eigenvalue weighted by Gasteiger charge is 2.01. The summed E-state index contributed by atoms with van der Waals surface area (Å²) >= 11 is 0. The molecule has 2 heteroatoms. The first kappa shape index (κ1) is 4.03. The van der Waals surface area contributed by atoms with Crippen LogP contribution in [0.2, 0.25) is 0 Å². The normalized spacial score (nSPS) is 14.6. The lowest BCUT2D eigenvalue weighted by atomic mass is 10.8. The van der Waals surface area contributed by atoms with Crippen molar-refractivity contribution in [1.29, 1.82) is 0 Å². The zero-order valence-corrected chi connectivity index (χ0v) is 3.83. The SMILES string of the molecule is C=CN1[C+]=NC=C1. The van der Waals surface area contributed by atoms with Crippen molar-refractivity contribution in [2.24, 2.45) is 4.99 Å². The summed E-state index contributed by atoms with van der Waals surface area (Å²) < 4.78 is 0. The van der Waals surface area contributed by atoms with Gasteiger partial charge >= 0.3 is 0 Å². The maximum absolute atomic E-state index is 3.66. The summed E-state index contributed by atoms with van der Waals surface area (Å²) in [5.74, 6) is 0. The molecule has 0 aromatic carbocycles. The van der Waals surface area contributed by atoms with E-state index in [0.717, 1.165) is 0 Å². The highest BCUT2D eigenvalue weighted by molar-refractivity contribution is 5.61. The topological polar surface area (TPSA) is 15.6 Å². The van der Waals surface area contributed by atoms with Gasteiger partial charge in [-0.25, -0.2) is 0 Å². The largest absolute Gasteiger partial charge is 0.223 e. The smallest absolute Gasteiger partial charge is 0.142 e. The van der Waals surface area contributed by atoms with Crippen molar-refractivity contribution in [2.45, 2.75) is 0 Å². The van der Waals surface area contributed by atoms with Crippen LogP contribution in [0, 0.1) is 0 Å². The first-order valence-electron chi connectivity index (χ1n) is 1.96. The fourth-order valence-corrected chi connectivity index (χ4v) is 0.340. The van der Waals surface area contributed by atoms with Crippen molar-refractivity contribution in [2.75, 3.05) is 0 Å². The van der Waals surface area contributed by atoms with E-state index in [0.29, 0.717) is 0 Å². The van der Waals surface area contributed by atoms with E-state index < -0.39 is 0 Å². The lowest BCUT2D eigenvalue weighted by Crippen LogP contribution is -1.99. The third-order valence-electron chi connectivity index (χ3n) is 0.672. The molecule has 1 aliphatic heterocycles. The minimum atomic E-state index is 1.63. The van der Waals surface area contributed by atoms with Crippen LogP contribution in [0.1, 0.15) is 0 Å². The van der Waals surface area contributed by atoms with Crippen LogP contribution in [-0.4, -0.2) is 11.2 Å². The molecule has 0 radical (unpaired) electrons. The van der Waals surface area contributed by atoms with E-state index in [1.54, 1.807) is 23.5 Å². The van der Waals surface area contributed by atoms with Crippen LogP contribution in [-0.2, 0) is 0 Å². The summed E-state index contributed by atoms with van der Waals surface area (Å²) in [4.78, 5) is 5.31. The van der Waals surface area contributed by atoms with Crippen LogP contribution in [0.15, 0.2) is 30.2 Å². The Labute approximate surface area is 42.5 Å². The van der Waals surface area contributed by atoms with E-state index in [1.165, 1.54) is 0 Å². The first-order valence-corrected chi connectivity index (χ1v) is 1.96. The Hall–Kier alpha value is -1.14. The van der Waals surface area contributed by atoms with Crippen LogP contribution in [0.4, 0.5) is 0 Å². The molecule has 1 aliphatic rings. The summed E-state index contributed by atoms with van der Waals surface area (Å²) in [6, 6.07) is 0. The Kier molecular flexibility index (Phi) is 0.886. The predicted octanol–water partition coefficient (Wildman–Crippen LogP) is 0.822. The van der Waals surface area contributed by atoms with Gasteiger partial charge < -0.3 is 0 Å². The van der Waals surface area contributed by atoms with E-state index in [2.05, 4.69) is 17.9 Å². The number of rotatable bonds is 1. The van der Waals surface area contributed by atoms with Gasteiger partial charge in [-0.15, -0.1) is 4.90 Å². The van der Waals surface area contributed by atoms with Gasteiger partial charge in [0.2, 0.25) is 6.34 Å². The standard InChI is InChI=1S/C5H5N2/c1-2-7-4-3-6-5-7/h2-4H,1H2/q+1. The molecule has 0 aromatic heterocycles. The summed E-state index contributed by atoms with van der Waals surface area (Å²) in [5.41, 5.74) is 0. The molecular formula is C5H5N2+. The second kappa shape index (κ2) is 1.54. The van der Waals surface area contributed by atoms with Crippen molar-refractivity contribution < 1.29 is 0 Å². The molecule has 0 aromatic rings. The number of hydrogen-bond donors (Lipinski definition) is 0. The summed E-state index contributed by atoms with van der Waals surface area (Å²) in [6.45, 7) is 3.49. The molecule has 1 rings (SSSR count). The van der Waals surface area contributed by atoms with Gasteiger partial charge in [0.25, 0.3) is 0 Å². The second-order valence-corrected chi connectivity index (χ2v) is 1.12. The molecule has 34 valence electrons. The summed E-state index contributed by atoms with van der Waals surface area (Å²) in [6.07, 6.45) is 7.69. The Balaban J connectivity index is 2.59. The van der Waals surface area contributed by atoms with Gasteiger partial charge in [0.15, 0.2) is 12.4 Å². The highest BCUT2D eigenvalue weighted by Crippen LogP contribution is 1.92. The predicted molar refractivity (Wildman–Crippen MR) is 28.6 cm³/mol. The molecule has 0 unspecified atom stereocenters.